The van der Waals surface area contributed by atoms with E-state index in [1.807, 2.05) is 0 Å². The molecule has 3 atom stereocenters. The summed E-state index contributed by atoms with van der Waals surface area (Å²) in [5.74, 6) is 0.955. The summed E-state index contributed by atoms with van der Waals surface area (Å²) >= 11 is 0. The number of hydrogen-bond acceptors (Lipinski definition) is 3. The van der Waals surface area contributed by atoms with E-state index in [0.29, 0.717) is 0 Å². The van der Waals surface area contributed by atoms with Crippen molar-refractivity contribution in [2.45, 2.75) is 109 Å². The fraction of sp³-hybridized carbons (Fsp3) is 0.913. The van der Waals surface area contributed by atoms with Crippen LogP contribution in [0.1, 0.15) is 97.3 Å². The molecule has 2 N–H and O–H groups in total. The van der Waals surface area contributed by atoms with Crippen molar-refractivity contribution in [3.8, 4) is 0 Å². The van der Waals surface area contributed by atoms with Gasteiger partial charge in [0.15, 0.2) is 6.17 Å². The van der Waals surface area contributed by atoms with E-state index in [9.17, 15) is 14.0 Å². The Morgan fingerprint density at radius 1 is 1.07 bits per heavy atom. The van der Waals surface area contributed by atoms with Crippen molar-refractivity contribution < 1.29 is 18.7 Å². The Kier molecular flexibility index (Phi) is 10.2. The number of amides is 2. The lowest BCUT2D eigenvalue weighted by Gasteiger charge is -2.17. The van der Waals surface area contributed by atoms with E-state index in [-0.39, 0.29) is 24.6 Å². The largest absolute Gasteiger partial charge is 0.464 e. The molecule has 2 fully saturated rings. The van der Waals surface area contributed by atoms with Crippen molar-refractivity contribution in [2.24, 2.45) is 11.8 Å². The van der Waals surface area contributed by atoms with Crippen molar-refractivity contribution in [1.29, 1.82) is 0 Å². The van der Waals surface area contributed by atoms with Crippen LogP contribution in [0.5, 0.6) is 0 Å². The molecule has 0 bridgehead atoms. The number of urea groups is 1. The summed E-state index contributed by atoms with van der Waals surface area (Å²) in [6.45, 7) is 4.97. The SMILES string of the molecule is CCOC(=O)C(F)CCCCCCCCCCNC(=O)NC1(CC2C[C@@H]2C)CC1. The summed E-state index contributed by atoms with van der Waals surface area (Å²) in [6, 6.07) is 0.00443. The summed E-state index contributed by atoms with van der Waals surface area (Å²) in [7, 11) is 0. The van der Waals surface area contributed by atoms with Crippen molar-refractivity contribution >= 4 is 12.0 Å². The highest BCUT2D eigenvalue weighted by atomic mass is 19.1. The van der Waals surface area contributed by atoms with Gasteiger partial charge in [0.05, 0.1) is 6.61 Å². The second-order valence-electron chi connectivity index (χ2n) is 9.18. The third-order valence-corrected chi connectivity index (χ3v) is 6.37. The molecule has 6 heteroatoms. The molecule has 2 aliphatic rings. The number of carbonyl (C=O) groups excluding carboxylic acids is 2. The molecule has 0 aromatic carbocycles. The average molecular weight is 413 g/mol. The number of rotatable bonds is 16. The smallest absolute Gasteiger partial charge is 0.340 e. The molecule has 0 radical (unpaired) electrons. The highest BCUT2D eigenvalue weighted by Gasteiger charge is 2.49. The summed E-state index contributed by atoms with van der Waals surface area (Å²) in [5.41, 5.74) is 0.109. The first-order valence-corrected chi connectivity index (χ1v) is 11.8. The van der Waals surface area contributed by atoms with Crippen LogP contribution in [0.2, 0.25) is 0 Å². The Labute approximate surface area is 175 Å². The molecule has 168 valence electrons. The normalized spacial score (nSPS) is 22.6. The topological polar surface area (TPSA) is 67.4 Å². The van der Waals surface area contributed by atoms with Gasteiger partial charge in [0, 0.05) is 12.1 Å². The zero-order valence-electron chi connectivity index (χ0n) is 18.4. The summed E-state index contributed by atoms with van der Waals surface area (Å²) in [5, 5.41) is 6.21. The second-order valence-corrected chi connectivity index (χ2v) is 9.18. The minimum absolute atomic E-state index is 0.00443. The van der Waals surface area contributed by atoms with Crippen molar-refractivity contribution in [3.63, 3.8) is 0 Å². The molecule has 0 aromatic heterocycles. The molecule has 2 unspecified atom stereocenters. The number of esters is 1. The highest BCUT2D eigenvalue weighted by Crippen LogP contribution is 2.50. The molecule has 29 heavy (non-hydrogen) atoms. The molecule has 0 spiro atoms. The Morgan fingerprint density at radius 3 is 2.21 bits per heavy atom. The number of hydrogen-bond donors (Lipinski definition) is 2. The number of unbranched alkanes of at least 4 members (excludes halogenated alkanes) is 7. The quantitative estimate of drug-likeness (QED) is 0.268. The van der Waals surface area contributed by atoms with Gasteiger partial charge in [-0.25, -0.2) is 14.0 Å². The molecule has 0 heterocycles. The predicted molar refractivity (Wildman–Crippen MR) is 113 cm³/mol. The van der Waals surface area contributed by atoms with Crippen molar-refractivity contribution in [3.05, 3.63) is 0 Å². The first-order valence-electron chi connectivity index (χ1n) is 11.8. The molecule has 5 nitrogen and oxygen atoms in total. The Balaban J connectivity index is 1.34. The monoisotopic (exact) mass is 412 g/mol. The zero-order chi connectivity index (χ0) is 21.1. The molecular formula is C23H41FN2O3. The van der Waals surface area contributed by atoms with Gasteiger partial charge in [-0.3, -0.25) is 0 Å². The lowest BCUT2D eigenvalue weighted by atomic mass is 10.1. The van der Waals surface area contributed by atoms with Crippen LogP contribution in [0, 0.1) is 11.8 Å². The molecule has 0 aliphatic heterocycles. The van der Waals surface area contributed by atoms with Crippen molar-refractivity contribution in [2.75, 3.05) is 13.2 Å². The van der Waals surface area contributed by atoms with Crippen LogP contribution in [0.15, 0.2) is 0 Å². The van der Waals surface area contributed by atoms with Gasteiger partial charge >= 0.3 is 12.0 Å². The molecular weight excluding hydrogens is 371 g/mol. The van der Waals surface area contributed by atoms with E-state index in [1.54, 1.807) is 6.92 Å². The van der Waals surface area contributed by atoms with Crippen LogP contribution >= 0.6 is 0 Å². The number of ether oxygens (including phenoxy) is 1. The predicted octanol–water partition coefficient (Wildman–Crippen LogP) is 5.28. The fourth-order valence-corrected chi connectivity index (χ4v) is 4.06. The zero-order valence-corrected chi connectivity index (χ0v) is 18.4. The van der Waals surface area contributed by atoms with Crippen LogP contribution in [0.3, 0.4) is 0 Å². The molecule has 0 aromatic rings. The number of carbonyl (C=O) groups is 2. The van der Waals surface area contributed by atoms with Gasteiger partial charge in [-0.2, -0.15) is 0 Å². The van der Waals surface area contributed by atoms with Crippen LogP contribution in [-0.4, -0.2) is 36.9 Å². The van der Waals surface area contributed by atoms with Gasteiger partial charge in [-0.05, 0) is 63.7 Å². The molecule has 2 saturated carbocycles. The fourth-order valence-electron chi connectivity index (χ4n) is 4.06. The minimum Gasteiger partial charge on any atom is -0.464 e. The van der Waals surface area contributed by atoms with Crippen LogP contribution in [0.25, 0.3) is 0 Å². The lowest BCUT2D eigenvalue weighted by Crippen LogP contribution is -2.44. The third-order valence-electron chi connectivity index (χ3n) is 6.37. The van der Waals surface area contributed by atoms with E-state index in [1.165, 1.54) is 19.3 Å². The van der Waals surface area contributed by atoms with Crippen LogP contribution in [0.4, 0.5) is 9.18 Å². The van der Waals surface area contributed by atoms with Crippen molar-refractivity contribution in [1.82, 2.24) is 10.6 Å². The van der Waals surface area contributed by atoms with E-state index < -0.39 is 12.1 Å². The summed E-state index contributed by atoms with van der Waals surface area (Å²) in [4.78, 5) is 23.2. The Hall–Kier alpha value is -1.33. The maximum atomic E-state index is 13.4. The minimum atomic E-state index is -1.47. The van der Waals surface area contributed by atoms with E-state index in [2.05, 4.69) is 22.3 Å². The second kappa shape index (κ2) is 12.4. The molecule has 2 rings (SSSR count). The highest BCUT2D eigenvalue weighted by molar-refractivity contribution is 5.75. The first kappa shape index (κ1) is 23.9. The molecule has 2 amide bonds. The Morgan fingerprint density at radius 2 is 1.66 bits per heavy atom. The number of alkyl halides is 1. The lowest BCUT2D eigenvalue weighted by molar-refractivity contribution is -0.149. The van der Waals surface area contributed by atoms with Crippen LogP contribution < -0.4 is 10.6 Å². The summed E-state index contributed by atoms with van der Waals surface area (Å²) in [6.07, 6.45) is 12.0. The van der Waals surface area contributed by atoms with Gasteiger partial charge in [0.1, 0.15) is 0 Å². The van der Waals surface area contributed by atoms with E-state index in [0.717, 1.165) is 76.2 Å². The third kappa shape index (κ3) is 9.81. The molecule has 2 aliphatic carbocycles. The number of nitrogens with one attached hydrogen (secondary N) is 2. The van der Waals surface area contributed by atoms with E-state index >= 15 is 0 Å². The van der Waals surface area contributed by atoms with Crippen LogP contribution in [-0.2, 0) is 9.53 Å². The Bertz CT molecular complexity index is 510. The number of halogens is 1. The maximum absolute atomic E-state index is 13.4. The van der Waals surface area contributed by atoms with Gasteiger partial charge in [-0.1, -0.05) is 45.4 Å². The standard InChI is InChI=1S/C23H41FN2O3/c1-3-29-21(27)20(24)12-10-8-6-4-5-7-9-11-15-25-22(28)26-23(13-14-23)17-19-16-18(19)2/h18-20H,3-17H2,1-2H3,(H2,25,26,28)/t18-,19?,20?/m0/s1. The van der Waals surface area contributed by atoms with Gasteiger partial charge in [-0.15, -0.1) is 0 Å². The van der Waals surface area contributed by atoms with Gasteiger partial charge < -0.3 is 15.4 Å². The first-order chi connectivity index (χ1) is 14.0. The summed E-state index contributed by atoms with van der Waals surface area (Å²) < 4.78 is 18.1. The van der Waals surface area contributed by atoms with Gasteiger partial charge in [0.2, 0.25) is 0 Å². The maximum Gasteiger partial charge on any atom is 0.340 e. The molecule has 0 saturated heterocycles. The van der Waals surface area contributed by atoms with E-state index in [4.69, 9.17) is 0 Å². The van der Waals surface area contributed by atoms with Gasteiger partial charge in [0.25, 0.3) is 0 Å². The average Bonchev–Trinajstić information content (AvgIpc) is 3.59.